The van der Waals surface area contributed by atoms with E-state index in [1.54, 1.807) is 38.5 Å². The lowest BCUT2D eigenvalue weighted by Crippen LogP contribution is -2.36. The van der Waals surface area contributed by atoms with Crippen LogP contribution in [0.15, 0.2) is 52.4 Å². The van der Waals surface area contributed by atoms with Crippen molar-refractivity contribution in [2.75, 3.05) is 27.0 Å². The van der Waals surface area contributed by atoms with Gasteiger partial charge in [0, 0.05) is 19.3 Å². The zero-order valence-corrected chi connectivity index (χ0v) is 17.5. The molecule has 0 aromatic heterocycles. The first-order chi connectivity index (χ1) is 13.4. The van der Waals surface area contributed by atoms with Crippen molar-refractivity contribution in [3.63, 3.8) is 0 Å². The van der Waals surface area contributed by atoms with Crippen molar-refractivity contribution >= 4 is 15.8 Å². The molecule has 0 saturated carbocycles. The van der Waals surface area contributed by atoms with Gasteiger partial charge >= 0.3 is 0 Å². The third-order valence-corrected chi connectivity index (χ3v) is 5.15. The molecule has 0 amide bonds. The second-order valence-corrected chi connectivity index (χ2v) is 8.17. The molecule has 2 rings (SSSR count). The first kappa shape index (κ1) is 21.6. The van der Waals surface area contributed by atoms with E-state index in [-0.39, 0.29) is 0 Å². The maximum atomic E-state index is 11.5. The highest BCUT2D eigenvalue weighted by atomic mass is 32.2. The average molecular weight is 406 g/mol. The average Bonchev–Trinajstić information content (AvgIpc) is 2.69. The predicted octanol–water partition coefficient (Wildman–Crippen LogP) is 2.36. The summed E-state index contributed by atoms with van der Waals surface area (Å²) in [5, 5.41) is 6.45. The molecule has 2 N–H and O–H groups in total. The van der Waals surface area contributed by atoms with E-state index in [1.165, 1.54) is 6.26 Å². The molecule has 0 heterocycles. The molecule has 7 nitrogen and oxygen atoms in total. The molecule has 152 valence electrons. The summed E-state index contributed by atoms with van der Waals surface area (Å²) in [5.41, 5.74) is 1.96. The first-order valence-corrected chi connectivity index (χ1v) is 10.8. The molecular formula is C20H27N3O4S. The molecule has 28 heavy (non-hydrogen) atoms. The summed E-state index contributed by atoms with van der Waals surface area (Å²) in [6, 6.07) is 12.5. The van der Waals surface area contributed by atoms with Crippen molar-refractivity contribution in [2.24, 2.45) is 4.99 Å². The van der Waals surface area contributed by atoms with Gasteiger partial charge in [-0.3, -0.25) is 0 Å². The minimum absolute atomic E-state index is 0.310. The molecule has 8 heteroatoms. The number of guanidine groups is 1. The van der Waals surface area contributed by atoms with Gasteiger partial charge in [-0.1, -0.05) is 18.2 Å². The Hall–Kier alpha value is -2.74. The fourth-order valence-corrected chi connectivity index (χ4v) is 3.16. The lowest BCUT2D eigenvalue weighted by Gasteiger charge is -2.12. The first-order valence-electron chi connectivity index (χ1n) is 8.89. The molecule has 2 aromatic carbocycles. The fourth-order valence-electron chi connectivity index (χ4n) is 2.53. The molecule has 0 unspecified atom stereocenters. The number of nitrogens with zero attached hydrogens (tertiary/aromatic N) is 1. The van der Waals surface area contributed by atoms with E-state index >= 15 is 0 Å². The van der Waals surface area contributed by atoms with Crippen molar-refractivity contribution in [1.29, 1.82) is 0 Å². The van der Waals surface area contributed by atoms with Gasteiger partial charge in [-0.2, -0.15) is 0 Å². The van der Waals surface area contributed by atoms with Gasteiger partial charge in [0.2, 0.25) is 0 Å². The highest BCUT2D eigenvalue weighted by Crippen LogP contribution is 2.27. The van der Waals surface area contributed by atoms with Gasteiger partial charge in [0.1, 0.15) is 0 Å². The molecule has 0 bridgehead atoms. The number of hydrogen-bond donors (Lipinski definition) is 2. The van der Waals surface area contributed by atoms with E-state index in [9.17, 15) is 8.42 Å². The Morgan fingerprint density at radius 2 is 1.61 bits per heavy atom. The highest BCUT2D eigenvalue weighted by Gasteiger charge is 2.07. The van der Waals surface area contributed by atoms with Crippen LogP contribution < -0.4 is 20.1 Å². The van der Waals surface area contributed by atoms with Gasteiger partial charge in [-0.05, 0) is 42.3 Å². The number of aliphatic imine (C=N–C) groups is 1. The van der Waals surface area contributed by atoms with E-state index in [0.29, 0.717) is 35.4 Å². The molecule has 0 fully saturated rings. The summed E-state index contributed by atoms with van der Waals surface area (Å²) in [5.74, 6) is 2.02. The van der Waals surface area contributed by atoms with E-state index in [4.69, 9.17) is 9.47 Å². The maximum Gasteiger partial charge on any atom is 0.191 e. The number of benzene rings is 2. The van der Waals surface area contributed by atoms with Gasteiger partial charge < -0.3 is 20.1 Å². The summed E-state index contributed by atoms with van der Waals surface area (Å²) in [6.07, 6.45) is 1.20. The minimum atomic E-state index is -3.19. The van der Waals surface area contributed by atoms with E-state index in [0.717, 1.165) is 17.7 Å². The zero-order valence-electron chi connectivity index (χ0n) is 16.7. The van der Waals surface area contributed by atoms with Crippen LogP contribution in [0, 0.1) is 0 Å². The standard InChI is InChI=1S/C20H27N3O4S/c1-5-21-20(22-13-15-6-9-17(10-7-15)28(4,24)25)23-14-16-8-11-18(26-2)19(12-16)27-3/h6-12H,5,13-14H2,1-4H3,(H2,21,22,23). The molecule has 0 aliphatic rings. The normalized spacial score (nSPS) is 11.8. The van der Waals surface area contributed by atoms with Gasteiger partial charge in [0.25, 0.3) is 0 Å². The molecule has 0 radical (unpaired) electrons. The van der Waals surface area contributed by atoms with Crippen LogP contribution in [-0.2, 0) is 22.9 Å². The fraction of sp³-hybridized carbons (Fsp3) is 0.350. The van der Waals surface area contributed by atoms with Crippen molar-refractivity contribution in [3.05, 3.63) is 53.6 Å². The number of ether oxygens (including phenoxy) is 2. The zero-order chi connectivity index (χ0) is 20.6. The monoisotopic (exact) mass is 405 g/mol. The molecule has 0 spiro atoms. The topological polar surface area (TPSA) is 89.0 Å². The molecule has 2 aromatic rings. The predicted molar refractivity (Wildman–Crippen MR) is 111 cm³/mol. The van der Waals surface area contributed by atoms with Gasteiger partial charge in [0.15, 0.2) is 27.3 Å². The van der Waals surface area contributed by atoms with Crippen LogP contribution in [0.25, 0.3) is 0 Å². The summed E-state index contributed by atoms with van der Waals surface area (Å²) in [7, 11) is 0.0200. The van der Waals surface area contributed by atoms with Gasteiger partial charge in [-0.25, -0.2) is 13.4 Å². The SMILES string of the molecule is CCNC(=NCc1ccc(OC)c(OC)c1)NCc1ccc(S(C)(=O)=O)cc1. The third-order valence-electron chi connectivity index (χ3n) is 4.02. The van der Waals surface area contributed by atoms with Crippen molar-refractivity contribution < 1.29 is 17.9 Å². The van der Waals surface area contributed by atoms with Crippen molar-refractivity contribution in [2.45, 2.75) is 24.9 Å². The third kappa shape index (κ3) is 6.16. The van der Waals surface area contributed by atoms with Crippen LogP contribution in [0.3, 0.4) is 0 Å². The number of rotatable bonds is 8. The van der Waals surface area contributed by atoms with Crippen LogP contribution in [0.1, 0.15) is 18.1 Å². The Morgan fingerprint density at radius 1 is 0.964 bits per heavy atom. The van der Waals surface area contributed by atoms with Crippen molar-refractivity contribution in [3.8, 4) is 11.5 Å². The smallest absolute Gasteiger partial charge is 0.191 e. The molecule has 0 aliphatic carbocycles. The largest absolute Gasteiger partial charge is 0.493 e. The molecule has 0 saturated heterocycles. The summed E-state index contributed by atoms with van der Waals surface area (Å²) >= 11 is 0. The second-order valence-electron chi connectivity index (χ2n) is 6.15. The van der Waals surface area contributed by atoms with Crippen LogP contribution in [0.5, 0.6) is 11.5 Å². The van der Waals surface area contributed by atoms with Gasteiger partial charge in [0.05, 0.1) is 25.7 Å². The summed E-state index contributed by atoms with van der Waals surface area (Å²) in [4.78, 5) is 4.90. The quantitative estimate of drug-likeness (QED) is 0.518. The van der Waals surface area contributed by atoms with Crippen LogP contribution in [0.4, 0.5) is 0 Å². The van der Waals surface area contributed by atoms with E-state index in [1.807, 2.05) is 25.1 Å². The lowest BCUT2D eigenvalue weighted by atomic mass is 10.2. The molecular weight excluding hydrogens is 378 g/mol. The van der Waals surface area contributed by atoms with Gasteiger partial charge in [-0.15, -0.1) is 0 Å². The summed E-state index contributed by atoms with van der Waals surface area (Å²) in [6.45, 7) is 3.73. The molecule has 0 atom stereocenters. The minimum Gasteiger partial charge on any atom is -0.493 e. The van der Waals surface area contributed by atoms with Crippen molar-refractivity contribution in [1.82, 2.24) is 10.6 Å². The Balaban J connectivity index is 2.04. The number of sulfone groups is 1. The molecule has 0 aliphatic heterocycles. The van der Waals surface area contributed by atoms with E-state index in [2.05, 4.69) is 15.6 Å². The van der Waals surface area contributed by atoms with E-state index < -0.39 is 9.84 Å². The lowest BCUT2D eigenvalue weighted by molar-refractivity contribution is 0.354. The van der Waals surface area contributed by atoms with Crippen LogP contribution in [0.2, 0.25) is 0 Å². The number of nitrogens with one attached hydrogen (secondary N) is 2. The Bertz CT molecular complexity index is 910. The Kier molecular flexibility index (Phi) is 7.69. The number of hydrogen-bond acceptors (Lipinski definition) is 5. The van der Waals surface area contributed by atoms with Crippen LogP contribution in [-0.4, -0.2) is 41.4 Å². The highest BCUT2D eigenvalue weighted by molar-refractivity contribution is 7.90. The summed E-state index contributed by atoms with van der Waals surface area (Å²) < 4.78 is 33.7. The second kappa shape index (κ2) is 9.98. The number of methoxy groups -OCH3 is 2. The Morgan fingerprint density at radius 3 is 2.18 bits per heavy atom. The van der Waals surface area contributed by atoms with Crippen LogP contribution >= 0.6 is 0 Å². The maximum absolute atomic E-state index is 11.5. The Labute approximate surface area is 166 Å².